The first-order chi connectivity index (χ1) is 9.70. The number of hydrogen-bond donors (Lipinski definition) is 1. The largest absolute Gasteiger partial charge is 0.378 e. The highest BCUT2D eigenvalue weighted by Gasteiger charge is 2.35. The molecule has 21 heavy (non-hydrogen) atoms. The molecule has 1 rings (SSSR count). The maximum atomic E-state index is 5.97. The molecule has 0 aliphatic heterocycles. The van der Waals surface area contributed by atoms with Gasteiger partial charge in [0.2, 0.25) is 0 Å². The van der Waals surface area contributed by atoms with Crippen molar-refractivity contribution in [2.75, 3.05) is 19.7 Å². The molecule has 0 radical (unpaired) electrons. The molecule has 3 unspecified atom stereocenters. The molecule has 0 bridgehead atoms. The molecule has 3 atom stereocenters. The summed E-state index contributed by atoms with van der Waals surface area (Å²) in [7, 11) is 0. The van der Waals surface area contributed by atoms with Crippen LogP contribution in [0.4, 0.5) is 0 Å². The number of ether oxygens (including phenoxy) is 1. The molecule has 0 amide bonds. The van der Waals surface area contributed by atoms with Gasteiger partial charge < -0.3 is 10.1 Å². The highest BCUT2D eigenvalue weighted by molar-refractivity contribution is 4.86. The van der Waals surface area contributed by atoms with Crippen molar-refractivity contribution in [1.82, 2.24) is 5.32 Å². The van der Waals surface area contributed by atoms with E-state index in [1.807, 2.05) is 0 Å². The molecular formula is C19H39NO. The fourth-order valence-electron chi connectivity index (χ4n) is 3.46. The van der Waals surface area contributed by atoms with E-state index in [-0.39, 0.29) is 0 Å². The van der Waals surface area contributed by atoms with Gasteiger partial charge in [-0.15, -0.1) is 0 Å². The highest BCUT2D eigenvalue weighted by atomic mass is 16.5. The molecule has 1 aliphatic carbocycles. The zero-order valence-electron chi connectivity index (χ0n) is 15.5. The van der Waals surface area contributed by atoms with Gasteiger partial charge in [-0.3, -0.25) is 0 Å². The molecule has 1 saturated carbocycles. The van der Waals surface area contributed by atoms with Crippen molar-refractivity contribution < 1.29 is 4.74 Å². The molecule has 0 aromatic rings. The van der Waals surface area contributed by atoms with Crippen LogP contribution in [0.15, 0.2) is 0 Å². The van der Waals surface area contributed by atoms with Crippen LogP contribution in [0.1, 0.15) is 67.7 Å². The number of rotatable bonds is 7. The summed E-state index contributed by atoms with van der Waals surface area (Å²) >= 11 is 0. The Labute approximate surface area is 133 Å². The van der Waals surface area contributed by atoms with E-state index < -0.39 is 0 Å². The van der Waals surface area contributed by atoms with Gasteiger partial charge in [-0.1, -0.05) is 34.6 Å². The zero-order chi connectivity index (χ0) is 16.0. The lowest BCUT2D eigenvalue weighted by atomic mass is 9.65. The Kier molecular flexibility index (Phi) is 7.70. The van der Waals surface area contributed by atoms with E-state index in [0.717, 1.165) is 36.8 Å². The molecule has 0 spiro atoms. The Morgan fingerprint density at radius 3 is 2.24 bits per heavy atom. The van der Waals surface area contributed by atoms with Crippen molar-refractivity contribution in [2.24, 2.45) is 29.1 Å². The first-order valence-corrected chi connectivity index (χ1v) is 9.02. The van der Waals surface area contributed by atoms with Gasteiger partial charge in [-0.05, 0) is 75.3 Å². The smallest absolute Gasteiger partial charge is 0.0519 e. The predicted octanol–water partition coefficient (Wildman–Crippen LogP) is 4.74. The van der Waals surface area contributed by atoms with E-state index in [1.165, 1.54) is 25.8 Å². The number of hydrogen-bond acceptors (Lipinski definition) is 2. The van der Waals surface area contributed by atoms with Gasteiger partial charge in [0.1, 0.15) is 0 Å². The van der Waals surface area contributed by atoms with Crippen LogP contribution in [0.5, 0.6) is 0 Å². The molecule has 1 fully saturated rings. The van der Waals surface area contributed by atoms with Gasteiger partial charge in [0.05, 0.1) is 12.7 Å². The fraction of sp³-hybridized carbons (Fsp3) is 1.00. The molecule has 0 heterocycles. The molecule has 1 aliphatic rings. The lowest BCUT2D eigenvalue weighted by Crippen LogP contribution is -2.39. The second kappa shape index (κ2) is 8.53. The summed E-state index contributed by atoms with van der Waals surface area (Å²) in [6.07, 6.45) is 4.43. The van der Waals surface area contributed by atoms with Crippen LogP contribution in [0.2, 0.25) is 0 Å². The Hall–Kier alpha value is -0.0800. The summed E-state index contributed by atoms with van der Waals surface area (Å²) in [5.74, 6) is 3.10. The topological polar surface area (TPSA) is 21.3 Å². The zero-order valence-corrected chi connectivity index (χ0v) is 15.5. The van der Waals surface area contributed by atoms with Crippen LogP contribution in [0.3, 0.4) is 0 Å². The van der Waals surface area contributed by atoms with Gasteiger partial charge in [-0.25, -0.2) is 0 Å². The lowest BCUT2D eigenvalue weighted by molar-refractivity contribution is -0.00186. The van der Waals surface area contributed by atoms with E-state index in [0.29, 0.717) is 11.5 Å². The minimum absolute atomic E-state index is 0.351. The summed E-state index contributed by atoms with van der Waals surface area (Å²) in [5, 5.41) is 3.67. The summed E-state index contributed by atoms with van der Waals surface area (Å²) in [4.78, 5) is 0. The summed E-state index contributed by atoms with van der Waals surface area (Å²) in [6.45, 7) is 19.3. The maximum Gasteiger partial charge on any atom is 0.0519 e. The van der Waals surface area contributed by atoms with Crippen molar-refractivity contribution >= 4 is 0 Å². The average molecular weight is 298 g/mol. The number of nitrogens with one attached hydrogen (secondary N) is 1. The minimum atomic E-state index is 0.351. The summed E-state index contributed by atoms with van der Waals surface area (Å²) in [6, 6.07) is 0. The predicted molar refractivity (Wildman–Crippen MR) is 92.6 cm³/mol. The Morgan fingerprint density at radius 1 is 1.05 bits per heavy atom. The van der Waals surface area contributed by atoms with Crippen LogP contribution >= 0.6 is 0 Å². The molecule has 1 N–H and O–H groups in total. The summed E-state index contributed by atoms with van der Waals surface area (Å²) in [5.41, 5.74) is 0.437. The van der Waals surface area contributed by atoms with Crippen molar-refractivity contribution in [3.8, 4) is 0 Å². The monoisotopic (exact) mass is 297 g/mol. The van der Waals surface area contributed by atoms with Crippen LogP contribution in [-0.2, 0) is 4.74 Å². The van der Waals surface area contributed by atoms with Crippen LogP contribution < -0.4 is 5.32 Å². The fourth-order valence-corrected chi connectivity index (χ4v) is 3.46. The van der Waals surface area contributed by atoms with Crippen LogP contribution in [-0.4, -0.2) is 25.8 Å². The molecular weight excluding hydrogens is 258 g/mol. The van der Waals surface area contributed by atoms with E-state index in [4.69, 9.17) is 4.74 Å². The van der Waals surface area contributed by atoms with Gasteiger partial charge in [0.25, 0.3) is 0 Å². The van der Waals surface area contributed by atoms with E-state index in [2.05, 4.69) is 53.8 Å². The van der Waals surface area contributed by atoms with Crippen molar-refractivity contribution in [3.63, 3.8) is 0 Å². The van der Waals surface area contributed by atoms with E-state index in [1.54, 1.807) is 0 Å². The Bertz CT molecular complexity index is 280. The second-order valence-electron chi connectivity index (χ2n) is 8.83. The Morgan fingerprint density at radius 2 is 1.71 bits per heavy atom. The molecule has 2 heteroatoms. The van der Waals surface area contributed by atoms with Crippen molar-refractivity contribution in [1.29, 1.82) is 0 Å². The SMILES string of the molecule is CC(C)CNCC1CCC(C(C)(C)C)CC1COC(C)C. The van der Waals surface area contributed by atoms with Crippen LogP contribution in [0.25, 0.3) is 0 Å². The standard InChI is InChI=1S/C19H39NO/c1-14(2)11-20-12-16-8-9-18(19(5,6)7)10-17(16)13-21-15(3)4/h14-18,20H,8-13H2,1-7H3. The quantitative estimate of drug-likeness (QED) is 0.733. The minimum Gasteiger partial charge on any atom is -0.378 e. The second-order valence-corrected chi connectivity index (χ2v) is 8.83. The molecule has 0 saturated heterocycles. The van der Waals surface area contributed by atoms with Crippen molar-refractivity contribution in [3.05, 3.63) is 0 Å². The lowest BCUT2D eigenvalue weighted by Gasteiger charge is -2.42. The van der Waals surface area contributed by atoms with E-state index >= 15 is 0 Å². The van der Waals surface area contributed by atoms with Gasteiger partial charge in [-0.2, -0.15) is 0 Å². The first-order valence-electron chi connectivity index (χ1n) is 9.02. The third-order valence-corrected chi connectivity index (χ3v) is 4.97. The molecule has 0 aromatic carbocycles. The molecule has 0 aromatic heterocycles. The normalized spacial score (nSPS) is 27.6. The third kappa shape index (κ3) is 7.15. The molecule has 126 valence electrons. The maximum absolute atomic E-state index is 5.97. The summed E-state index contributed by atoms with van der Waals surface area (Å²) < 4.78 is 5.97. The third-order valence-electron chi connectivity index (χ3n) is 4.97. The van der Waals surface area contributed by atoms with E-state index in [9.17, 15) is 0 Å². The highest BCUT2D eigenvalue weighted by Crippen LogP contribution is 2.42. The van der Waals surface area contributed by atoms with Gasteiger partial charge in [0.15, 0.2) is 0 Å². The average Bonchev–Trinajstić information content (AvgIpc) is 2.35. The van der Waals surface area contributed by atoms with Crippen LogP contribution in [0, 0.1) is 29.1 Å². The Balaban J connectivity index is 2.55. The van der Waals surface area contributed by atoms with Gasteiger partial charge >= 0.3 is 0 Å². The van der Waals surface area contributed by atoms with Gasteiger partial charge in [0, 0.05) is 0 Å². The molecule has 2 nitrogen and oxygen atoms in total. The first kappa shape index (κ1) is 19.0. The van der Waals surface area contributed by atoms with Crippen molar-refractivity contribution in [2.45, 2.75) is 73.8 Å².